The van der Waals surface area contributed by atoms with Crippen molar-refractivity contribution in [2.24, 2.45) is 0 Å². The van der Waals surface area contributed by atoms with Gasteiger partial charge in [-0.2, -0.15) is 0 Å². The van der Waals surface area contributed by atoms with Crippen LogP contribution in [0.4, 0.5) is 23.1 Å². The van der Waals surface area contributed by atoms with E-state index in [4.69, 9.17) is 5.73 Å². The number of rotatable bonds is 4. The first-order valence-electron chi connectivity index (χ1n) is 9.08. The van der Waals surface area contributed by atoms with Crippen LogP contribution >= 0.6 is 0 Å². The highest BCUT2D eigenvalue weighted by Gasteiger charge is 2.13. The number of hydrogen-bond acceptors (Lipinski definition) is 7. The van der Waals surface area contributed by atoms with Gasteiger partial charge >= 0.3 is 0 Å². The van der Waals surface area contributed by atoms with Crippen molar-refractivity contribution < 1.29 is 0 Å². The molecule has 3 aromatic heterocycles. The minimum absolute atomic E-state index is 0.195. The van der Waals surface area contributed by atoms with E-state index in [0.29, 0.717) is 22.5 Å². The third-order valence-electron chi connectivity index (χ3n) is 4.68. The van der Waals surface area contributed by atoms with E-state index in [2.05, 4.69) is 32.2 Å². The molecule has 0 spiro atoms. The molecule has 3 heterocycles. The maximum Gasteiger partial charge on any atom is 0.259 e. The third kappa shape index (κ3) is 3.60. The van der Waals surface area contributed by atoms with Gasteiger partial charge in [0, 0.05) is 49.6 Å². The van der Waals surface area contributed by atoms with E-state index in [1.807, 2.05) is 49.3 Å². The summed E-state index contributed by atoms with van der Waals surface area (Å²) in [6.45, 7) is 2.05. The Balaban J connectivity index is 1.87. The van der Waals surface area contributed by atoms with Gasteiger partial charge in [-0.1, -0.05) is 6.07 Å². The molecule has 1 aromatic carbocycles. The van der Waals surface area contributed by atoms with Gasteiger partial charge in [-0.05, 0) is 42.1 Å². The molecule has 0 aliphatic carbocycles. The first-order valence-corrected chi connectivity index (χ1v) is 9.08. The minimum Gasteiger partial charge on any atom is -0.377 e. The van der Waals surface area contributed by atoms with E-state index in [0.717, 1.165) is 22.3 Å². The average molecular weight is 387 g/mol. The van der Waals surface area contributed by atoms with Crippen molar-refractivity contribution in [2.75, 3.05) is 30.0 Å². The molecule has 0 aliphatic heterocycles. The van der Waals surface area contributed by atoms with Crippen LogP contribution in [0.3, 0.4) is 0 Å². The zero-order valence-electron chi connectivity index (χ0n) is 16.4. The number of anilines is 4. The summed E-state index contributed by atoms with van der Waals surface area (Å²) in [5, 5.41) is 4.56. The van der Waals surface area contributed by atoms with Crippen molar-refractivity contribution in [3.8, 4) is 11.3 Å². The number of aromatic amines is 1. The Bertz CT molecular complexity index is 1250. The van der Waals surface area contributed by atoms with Gasteiger partial charge in [-0.3, -0.25) is 4.79 Å². The van der Waals surface area contributed by atoms with Crippen LogP contribution in [0.5, 0.6) is 0 Å². The highest BCUT2D eigenvalue weighted by atomic mass is 16.1. The molecule has 8 heteroatoms. The van der Waals surface area contributed by atoms with Crippen molar-refractivity contribution in [1.29, 1.82) is 0 Å². The second-order valence-electron chi connectivity index (χ2n) is 6.98. The molecule has 0 atom stereocenters. The van der Waals surface area contributed by atoms with E-state index in [1.165, 1.54) is 0 Å². The summed E-state index contributed by atoms with van der Waals surface area (Å²) in [6.07, 6.45) is 4.85. The number of nitrogens with one attached hydrogen (secondary N) is 2. The highest BCUT2D eigenvalue weighted by Crippen LogP contribution is 2.29. The smallest absolute Gasteiger partial charge is 0.259 e. The average Bonchev–Trinajstić information content (AvgIpc) is 2.69. The van der Waals surface area contributed by atoms with Crippen LogP contribution in [-0.4, -0.2) is 34.0 Å². The molecule has 0 fully saturated rings. The lowest BCUT2D eigenvalue weighted by molar-refractivity contribution is 1.11. The normalized spacial score (nSPS) is 10.9. The molecule has 4 rings (SSSR count). The topological polar surface area (TPSA) is 113 Å². The van der Waals surface area contributed by atoms with Gasteiger partial charge in [0.1, 0.15) is 5.82 Å². The summed E-state index contributed by atoms with van der Waals surface area (Å²) >= 11 is 0. The molecule has 0 aliphatic rings. The van der Waals surface area contributed by atoms with Crippen molar-refractivity contribution >= 4 is 33.9 Å². The fourth-order valence-electron chi connectivity index (χ4n) is 3.23. The quantitative estimate of drug-likeness (QED) is 0.493. The number of nitrogen functional groups attached to an aromatic ring is 1. The van der Waals surface area contributed by atoms with Crippen molar-refractivity contribution in [1.82, 2.24) is 19.9 Å². The number of hydrogen-bond donors (Lipinski definition) is 3. The summed E-state index contributed by atoms with van der Waals surface area (Å²) in [5.74, 6) is 0.657. The predicted octanol–water partition coefficient (Wildman–Crippen LogP) is 3.08. The standard InChI is InChI=1S/C21H21N7O/c1-12-4-5-15(9-17(12)28(2)3)26-19-18-13(6-7-23-20(18)29)8-16(27-19)14-10-24-21(22)25-11-14/h4-11H,1-3H3,(H,23,29)(H,26,27)(H2,22,24,25). The summed E-state index contributed by atoms with van der Waals surface area (Å²) in [4.78, 5) is 30.1. The monoisotopic (exact) mass is 387 g/mol. The summed E-state index contributed by atoms with van der Waals surface area (Å²) in [6, 6.07) is 9.70. The second-order valence-corrected chi connectivity index (χ2v) is 6.98. The lowest BCUT2D eigenvalue weighted by Gasteiger charge is -2.18. The van der Waals surface area contributed by atoms with Crippen LogP contribution in [0.25, 0.3) is 22.0 Å². The Morgan fingerprint density at radius 2 is 1.86 bits per heavy atom. The van der Waals surface area contributed by atoms with Crippen molar-refractivity contribution in [2.45, 2.75) is 6.92 Å². The second kappa shape index (κ2) is 7.23. The lowest BCUT2D eigenvalue weighted by atomic mass is 10.1. The fraction of sp³-hybridized carbons (Fsp3) is 0.143. The third-order valence-corrected chi connectivity index (χ3v) is 4.68. The van der Waals surface area contributed by atoms with Gasteiger partial charge in [-0.25, -0.2) is 15.0 Å². The maximum atomic E-state index is 12.5. The molecule has 0 amide bonds. The Hall–Kier alpha value is -3.94. The Kier molecular flexibility index (Phi) is 4.59. The first-order chi connectivity index (χ1) is 13.9. The molecule has 4 N–H and O–H groups in total. The SMILES string of the molecule is Cc1ccc(Nc2nc(-c3cnc(N)nc3)cc3cc[nH]c(=O)c23)cc1N(C)C. The molecule has 0 radical (unpaired) electrons. The van der Waals surface area contributed by atoms with Crippen molar-refractivity contribution in [3.63, 3.8) is 0 Å². The van der Waals surface area contributed by atoms with E-state index >= 15 is 0 Å². The van der Waals surface area contributed by atoms with E-state index in [-0.39, 0.29) is 11.5 Å². The number of fused-ring (bicyclic) bond motifs is 1. The Morgan fingerprint density at radius 1 is 1.10 bits per heavy atom. The summed E-state index contributed by atoms with van der Waals surface area (Å²) in [5.41, 5.74) is 9.81. The number of aromatic nitrogens is 4. The number of pyridine rings is 2. The number of aryl methyl sites for hydroxylation is 1. The molecule has 4 aromatic rings. The predicted molar refractivity (Wildman–Crippen MR) is 117 cm³/mol. The molecular formula is C21H21N7O. The van der Waals surface area contributed by atoms with E-state index in [9.17, 15) is 4.79 Å². The molecule has 0 unspecified atom stereocenters. The van der Waals surface area contributed by atoms with Gasteiger partial charge in [0.05, 0.1) is 11.1 Å². The van der Waals surface area contributed by atoms with Crippen LogP contribution in [0, 0.1) is 6.92 Å². The number of nitrogens with two attached hydrogens (primary N) is 1. The molecule has 0 saturated carbocycles. The van der Waals surface area contributed by atoms with Gasteiger partial charge in [-0.15, -0.1) is 0 Å². The Morgan fingerprint density at radius 3 is 2.59 bits per heavy atom. The molecule has 29 heavy (non-hydrogen) atoms. The van der Waals surface area contributed by atoms with Gasteiger partial charge < -0.3 is 20.9 Å². The molecule has 146 valence electrons. The van der Waals surface area contributed by atoms with Crippen LogP contribution in [0.15, 0.2) is 53.7 Å². The lowest BCUT2D eigenvalue weighted by Crippen LogP contribution is -2.11. The number of H-pyrrole nitrogens is 1. The molecule has 0 saturated heterocycles. The summed E-state index contributed by atoms with van der Waals surface area (Å²) in [7, 11) is 3.98. The van der Waals surface area contributed by atoms with Crippen LogP contribution in [-0.2, 0) is 0 Å². The highest BCUT2D eigenvalue weighted by molar-refractivity contribution is 5.95. The molecule has 8 nitrogen and oxygen atoms in total. The summed E-state index contributed by atoms with van der Waals surface area (Å²) < 4.78 is 0. The minimum atomic E-state index is -0.211. The van der Waals surface area contributed by atoms with Crippen LogP contribution < -0.4 is 21.5 Å². The number of benzene rings is 1. The fourth-order valence-corrected chi connectivity index (χ4v) is 3.23. The van der Waals surface area contributed by atoms with Gasteiger partial charge in [0.15, 0.2) is 0 Å². The van der Waals surface area contributed by atoms with Gasteiger partial charge in [0.25, 0.3) is 5.56 Å². The zero-order valence-corrected chi connectivity index (χ0v) is 16.4. The molecule has 0 bridgehead atoms. The van der Waals surface area contributed by atoms with Crippen LogP contribution in [0.1, 0.15) is 5.56 Å². The largest absolute Gasteiger partial charge is 0.377 e. The molecular weight excluding hydrogens is 366 g/mol. The van der Waals surface area contributed by atoms with Gasteiger partial charge in [0.2, 0.25) is 5.95 Å². The first kappa shape index (κ1) is 18.4. The van der Waals surface area contributed by atoms with Crippen molar-refractivity contribution in [3.05, 3.63) is 64.8 Å². The number of nitrogens with zero attached hydrogens (tertiary/aromatic N) is 4. The Labute approximate surface area is 167 Å². The maximum absolute atomic E-state index is 12.5. The van der Waals surface area contributed by atoms with E-state index < -0.39 is 0 Å². The van der Waals surface area contributed by atoms with E-state index in [1.54, 1.807) is 18.6 Å². The zero-order chi connectivity index (χ0) is 20.5. The van der Waals surface area contributed by atoms with Crippen LogP contribution in [0.2, 0.25) is 0 Å².